The Morgan fingerprint density at radius 3 is 2.73 bits per heavy atom. The molecular weight excluding hydrogens is 193 g/mol. The summed E-state index contributed by atoms with van der Waals surface area (Å²) in [5.74, 6) is 0.335. The predicted octanol–water partition coefficient (Wildman–Crippen LogP) is 2.52. The van der Waals surface area contributed by atoms with Crippen molar-refractivity contribution >= 4 is 0 Å². The summed E-state index contributed by atoms with van der Waals surface area (Å²) < 4.78 is 18.9. The number of hydrogen-bond donors (Lipinski definition) is 1. The van der Waals surface area contributed by atoms with Crippen LogP contribution in [-0.2, 0) is 5.41 Å². The van der Waals surface area contributed by atoms with Crippen molar-refractivity contribution in [1.82, 2.24) is 0 Å². The van der Waals surface area contributed by atoms with Crippen molar-refractivity contribution in [2.75, 3.05) is 7.11 Å². The zero-order chi connectivity index (χ0) is 11.2. The van der Waals surface area contributed by atoms with Gasteiger partial charge in [-0.15, -0.1) is 0 Å². The highest BCUT2D eigenvalue weighted by Crippen LogP contribution is 2.45. The zero-order valence-corrected chi connectivity index (χ0v) is 9.30. The minimum atomic E-state index is -0.206. The minimum absolute atomic E-state index is 0.0837. The molecule has 1 aliphatic carbocycles. The van der Waals surface area contributed by atoms with E-state index >= 15 is 0 Å². The number of fused-ring (bicyclic) bond motifs is 1. The van der Waals surface area contributed by atoms with Gasteiger partial charge in [0.1, 0.15) is 11.6 Å². The molecule has 0 saturated heterocycles. The smallest absolute Gasteiger partial charge is 0.130 e. The second kappa shape index (κ2) is 3.20. The molecule has 0 fully saturated rings. The van der Waals surface area contributed by atoms with Gasteiger partial charge in [-0.25, -0.2) is 4.39 Å². The van der Waals surface area contributed by atoms with E-state index in [0.717, 1.165) is 17.5 Å². The lowest BCUT2D eigenvalue weighted by Crippen LogP contribution is -2.15. The molecule has 0 saturated carbocycles. The first-order valence-corrected chi connectivity index (χ1v) is 5.09. The number of methoxy groups -OCH3 is 1. The molecule has 2 nitrogen and oxygen atoms in total. The normalized spacial score (nSPS) is 22.6. The predicted molar refractivity (Wildman–Crippen MR) is 57.5 cm³/mol. The average molecular weight is 209 g/mol. The van der Waals surface area contributed by atoms with Crippen LogP contribution in [0.5, 0.6) is 5.75 Å². The molecule has 1 aromatic rings. The van der Waals surface area contributed by atoms with Crippen molar-refractivity contribution in [2.45, 2.75) is 31.7 Å². The van der Waals surface area contributed by atoms with E-state index in [1.54, 1.807) is 0 Å². The van der Waals surface area contributed by atoms with Crippen LogP contribution in [0.1, 0.15) is 37.4 Å². The number of halogens is 1. The third kappa shape index (κ3) is 1.51. The number of hydrogen-bond acceptors (Lipinski definition) is 2. The van der Waals surface area contributed by atoms with E-state index in [1.165, 1.54) is 13.2 Å². The van der Waals surface area contributed by atoms with Crippen LogP contribution in [0.3, 0.4) is 0 Å². The largest absolute Gasteiger partial charge is 0.497 e. The zero-order valence-electron chi connectivity index (χ0n) is 9.30. The summed E-state index contributed by atoms with van der Waals surface area (Å²) in [5, 5.41) is 0. The maximum atomic E-state index is 13.9. The first-order valence-electron chi connectivity index (χ1n) is 5.09. The highest BCUT2D eigenvalue weighted by atomic mass is 19.1. The van der Waals surface area contributed by atoms with E-state index < -0.39 is 0 Å². The van der Waals surface area contributed by atoms with Gasteiger partial charge in [-0.3, -0.25) is 0 Å². The van der Waals surface area contributed by atoms with Gasteiger partial charge in [-0.1, -0.05) is 13.8 Å². The average Bonchev–Trinajstić information content (AvgIpc) is 2.37. The van der Waals surface area contributed by atoms with Crippen LogP contribution in [0, 0.1) is 5.82 Å². The van der Waals surface area contributed by atoms with Gasteiger partial charge in [0.25, 0.3) is 0 Å². The lowest BCUT2D eigenvalue weighted by Gasteiger charge is -2.19. The number of ether oxygens (including phenoxy) is 1. The van der Waals surface area contributed by atoms with E-state index in [1.807, 2.05) is 19.9 Å². The molecule has 0 spiro atoms. The Balaban J connectivity index is 2.63. The third-order valence-corrected chi connectivity index (χ3v) is 3.14. The molecule has 82 valence electrons. The molecular formula is C12H16FNO. The monoisotopic (exact) mass is 209 g/mol. The van der Waals surface area contributed by atoms with Gasteiger partial charge < -0.3 is 10.5 Å². The molecule has 0 radical (unpaired) electrons. The fourth-order valence-corrected chi connectivity index (χ4v) is 2.49. The topological polar surface area (TPSA) is 35.2 Å². The minimum Gasteiger partial charge on any atom is -0.497 e. The molecule has 3 heteroatoms. The second-order valence-corrected chi connectivity index (χ2v) is 4.77. The SMILES string of the molecule is COc1cc(F)c2c(c1)[C@@H](N)CC2(C)C. The highest BCUT2D eigenvalue weighted by molar-refractivity contribution is 5.46. The molecule has 1 aliphatic rings. The maximum Gasteiger partial charge on any atom is 0.130 e. The number of benzene rings is 1. The van der Waals surface area contributed by atoms with E-state index in [4.69, 9.17) is 10.5 Å². The summed E-state index contributed by atoms with van der Waals surface area (Å²) in [6, 6.07) is 3.19. The quantitative estimate of drug-likeness (QED) is 0.771. The summed E-state index contributed by atoms with van der Waals surface area (Å²) >= 11 is 0. The van der Waals surface area contributed by atoms with Gasteiger partial charge in [0.05, 0.1) is 7.11 Å². The number of nitrogens with two attached hydrogens (primary N) is 1. The van der Waals surface area contributed by atoms with Crippen molar-refractivity contribution in [3.05, 3.63) is 29.1 Å². The summed E-state index contributed by atoms with van der Waals surface area (Å²) in [5.41, 5.74) is 7.45. The van der Waals surface area contributed by atoms with Crippen molar-refractivity contribution in [1.29, 1.82) is 0 Å². The molecule has 0 unspecified atom stereocenters. The molecule has 1 atom stereocenters. The van der Waals surface area contributed by atoms with Crippen molar-refractivity contribution in [3.8, 4) is 5.75 Å². The first-order chi connectivity index (χ1) is 6.95. The van der Waals surface area contributed by atoms with Crippen LogP contribution in [0.2, 0.25) is 0 Å². The van der Waals surface area contributed by atoms with Gasteiger partial charge in [0.15, 0.2) is 0 Å². The molecule has 0 heterocycles. The van der Waals surface area contributed by atoms with E-state index in [0.29, 0.717) is 5.75 Å². The van der Waals surface area contributed by atoms with Crippen molar-refractivity contribution in [3.63, 3.8) is 0 Å². The summed E-state index contributed by atoms with van der Waals surface area (Å²) in [6.07, 6.45) is 0.784. The lowest BCUT2D eigenvalue weighted by atomic mass is 9.86. The van der Waals surface area contributed by atoms with Crippen LogP contribution < -0.4 is 10.5 Å². The lowest BCUT2D eigenvalue weighted by molar-refractivity contribution is 0.409. The van der Waals surface area contributed by atoms with E-state index in [-0.39, 0.29) is 17.3 Å². The first kappa shape index (κ1) is 10.4. The van der Waals surface area contributed by atoms with Crippen LogP contribution in [0.15, 0.2) is 12.1 Å². The van der Waals surface area contributed by atoms with Crippen LogP contribution in [0.4, 0.5) is 4.39 Å². The van der Waals surface area contributed by atoms with Crippen molar-refractivity contribution < 1.29 is 9.13 Å². The highest BCUT2D eigenvalue weighted by Gasteiger charge is 2.37. The fourth-order valence-electron chi connectivity index (χ4n) is 2.49. The van der Waals surface area contributed by atoms with Crippen LogP contribution in [0.25, 0.3) is 0 Å². The molecule has 0 aromatic heterocycles. The van der Waals surface area contributed by atoms with Gasteiger partial charge in [0.2, 0.25) is 0 Å². The summed E-state index contributed by atoms with van der Waals surface area (Å²) in [4.78, 5) is 0. The summed E-state index contributed by atoms with van der Waals surface area (Å²) in [6.45, 7) is 4.04. The maximum absolute atomic E-state index is 13.9. The van der Waals surface area contributed by atoms with Crippen LogP contribution >= 0.6 is 0 Å². The molecule has 1 aromatic carbocycles. The van der Waals surface area contributed by atoms with E-state index in [2.05, 4.69) is 0 Å². The Bertz CT molecular complexity index is 401. The summed E-state index contributed by atoms with van der Waals surface area (Å²) in [7, 11) is 1.53. The second-order valence-electron chi connectivity index (χ2n) is 4.77. The van der Waals surface area contributed by atoms with Gasteiger partial charge in [-0.2, -0.15) is 0 Å². The Morgan fingerprint density at radius 2 is 2.13 bits per heavy atom. The van der Waals surface area contributed by atoms with Gasteiger partial charge in [0, 0.05) is 12.1 Å². The van der Waals surface area contributed by atoms with Gasteiger partial charge >= 0.3 is 0 Å². The molecule has 2 N–H and O–H groups in total. The molecule has 2 rings (SSSR count). The Kier molecular flexibility index (Phi) is 2.23. The standard InChI is InChI=1S/C12H16FNO/c1-12(2)6-10(14)8-4-7(15-3)5-9(13)11(8)12/h4-5,10H,6,14H2,1-3H3/t10-/m0/s1. The number of rotatable bonds is 1. The van der Waals surface area contributed by atoms with Crippen molar-refractivity contribution in [2.24, 2.45) is 5.73 Å². The third-order valence-electron chi connectivity index (χ3n) is 3.14. The molecule has 15 heavy (non-hydrogen) atoms. The Hall–Kier alpha value is -1.09. The van der Waals surface area contributed by atoms with Gasteiger partial charge in [-0.05, 0) is 29.0 Å². The fraction of sp³-hybridized carbons (Fsp3) is 0.500. The van der Waals surface area contributed by atoms with E-state index in [9.17, 15) is 4.39 Å². The molecule has 0 bridgehead atoms. The molecule has 0 amide bonds. The Labute approximate surface area is 89.2 Å². The Morgan fingerprint density at radius 1 is 1.47 bits per heavy atom. The molecule has 0 aliphatic heterocycles. The van der Waals surface area contributed by atoms with Crippen LogP contribution in [-0.4, -0.2) is 7.11 Å².